The second kappa shape index (κ2) is 8.60. The molecular weight excluding hydrogens is 452 g/mol. The quantitative estimate of drug-likeness (QED) is 0.414. The molecule has 2 N–H and O–H groups in total. The van der Waals surface area contributed by atoms with Crippen molar-refractivity contribution in [3.05, 3.63) is 95.3 Å². The van der Waals surface area contributed by atoms with E-state index < -0.39 is 0 Å². The minimum absolute atomic E-state index is 0.0413. The van der Waals surface area contributed by atoms with Gasteiger partial charge < -0.3 is 10.6 Å². The zero-order valence-electron chi connectivity index (χ0n) is 20.2. The van der Waals surface area contributed by atoms with Crippen molar-refractivity contribution in [2.45, 2.75) is 25.8 Å². The van der Waals surface area contributed by atoms with Crippen molar-refractivity contribution in [3.8, 4) is 5.69 Å². The summed E-state index contributed by atoms with van der Waals surface area (Å²) in [5.41, 5.74) is 12.9. The van der Waals surface area contributed by atoms with E-state index in [1.165, 1.54) is 6.33 Å². The van der Waals surface area contributed by atoms with Gasteiger partial charge in [-0.3, -0.25) is 14.0 Å². The number of hydrogen-bond acceptors (Lipinski definition) is 6. The van der Waals surface area contributed by atoms with E-state index >= 15 is 0 Å². The van der Waals surface area contributed by atoms with E-state index in [-0.39, 0.29) is 11.9 Å². The first kappa shape index (κ1) is 22.0. The van der Waals surface area contributed by atoms with Crippen molar-refractivity contribution in [1.29, 1.82) is 0 Å². The van der Waals surface area contributed by atoms with Gasteiger partial charge in [0.2, 0.25) is 0 Å². The van der Waals surface area contributed by atoms with Gasteiger partial charge in [0.1, 0.15) is 12.7 Å². The molecule has 0 aliphatic carbocycles. The summed E-state index contributed by atoms with van der Waals surface area (Å²) in [5, 5.41) is 4.68. The average molecular weight is 479 g/mol. The highest BCUT2D eigenvalue weighted by Crippen LogP contribution is 2.31. The van der Waals surface area contributed by atoms with E-state index in [1.807, 2.05) is 63.7 Å². The highest BCUT2D eigenvalue weighted by Gasteiger charge is 2.33. The summed E-state index contributed by atoms with van der Waals surface area (Å²) < 4.78 is 3.75. The Hall–Kier alpha value is -4.53. The Labute approximate surface area is 208 Å². The summed E-state index contributed by atoms with van der Waals surface area (Å²) in [6.45, 7) is 2.71. The minimum atomic E-state index is -0.0815. The summed E-state index contributed by atoms with van der Waals surface area (Å²) in [6.07, 6.45) is 4.55. The Morgan fingerprint density at radius 1 is 1.03 bits per heavy atom. The predicted molar refractivity (Wildman–Crippen MR) is 137 cm³/mol. The van der Waals surface area contributed by atoms with Crippen LogP contribution in [0.3, 0.4) is 0 Å². The van der Waals surface area contributed by atoms with Crippen LogP contribution in [0.5, 0.6) is 0 Å². The van der Waals surface area contributed by atoms with Crippen LogP contribution in [0.4, 0.5) is 5.82 Å². The Balaban J connectivity index is 1.27. The van der Waals surface area contributed by atoms with Crippen molar-refractivity contribution in [3.63, 3.8) is 0 Å². The first-order chi connectivity index (χ1) is 17.5. The molecule has 9 heteroatoms. The number of hydrogen-bond donors (Lipinski definition) is 1. The number of amides is 1. The van der Waals surface area contributed by atoms with E-state index in [0.29, 0.717) is 29.9 Å². The standard InChI is InChI=1S/C27H26N8O/c1-17(19-8-10-20(11-9-19)35-16-31-24-25(28)29-15-30-26(24)35)34-13-12-21-23(27(34)36)22(33(2)32-21)14-18-6-4-3-5-7-18/h3-11,15-17H,12-14H2,1-2H3,(H2,28,29,30). The van der Waals surface area contributed by atoms with Crippen molar-refractivity contribution < 1.29 is 4.79 Å². The van der Waals surface area contributed by atoms with Gasteiger partial charge in [-0.15, -0.1) is 0 Å². The second-order valence-corrected chi connectivity index (χ2v) is 9.12. The van der Waals surface area contributed by atoms with Crippen molar-refractivity contribution >= 4 is 22.9 Å². The minimum Gasteiger partial charge on any atom is -0.382 e. The van der Waals surface area contributed by atoms with Crippen LogP contribution in [0, 0.1) is 0 Å². The van der Waals surface area contributed by atoms with Crippen molar-refractivity contribution in [1.82, 2.24) is 34.2 Å². The number of benzene rings is 2. The maximum atomic E-state index is 13.7. The SMILES string of the molecule is CC(c1ccc(-n2cnc3c(N)ncnc32)cc1)N1CCc2nn(C)c(Cc3ccccc3)c2C1=O. The van der Waals surface area contributed by atoms with Gasteiger partial charge in [-0.2, -0.15) is 5.10 Å². The number of rotatable bonds is 5. The third-order valence-corrected chi connectivity index (χ3v) is 7.00. The van der Waals surface area contributed by atoms with Gasteiger partial charge >= 0.3 is 0 Å². The molecule has 0 saturated carbocycles. The van der Waals surface area contributed by atoms with E-state index in [2.05, 4.69) is 39.1 Å². The van der Waals surface area contributed by atoms with Crippen LogP contribution < -0.4 is 5.73 Å². The molecular formula is C27H26N8O. The van der Waals surface area contributed by atoms with E-state index in [1.54, 1.807) is 6.33 Å². The van der Waals surface area contributed by atoms with E-state index in [4.69, 9.17) is 5.73 Å². The molecule has 1 amide bonds. The van der Waals surface area contributed by atoms with Gasteiger partial charge in [-0.25, -0.2) is 15.0 Å². The molecule has 1 aliphatic heterocycles. The second-order valence-electron chi connectivity index (χ2n) is 9.12. The number of fused-ring (bicyclic) bond motifs is 2. The average Bonchev–Trinajstić information content (AvgIpc) is 3.47. The molecule has 0 saturated heterocycles. The van der Waals surface area contributed by atoms with Gasteiger partial charge in [0.25, 0.3) is 5.91 Å². The number of carbonyl (C=O) groups is 1. The number of nitrogens with zero attached hydrogens (tertiary/aromatic N) is 7. The zero-order chi connectivity index (χ0) is 24.8. The van der Waals surface area contributed by atoms with Gasteiger partial charge in [0.05, 0.1) is 23.0 Å². The normalized spacial score (nSPS) is 14.3. The fraction of sp³-hybridized carbons (Fsp3) is 0.222. The smallest absolute Gasteiger partial charge is 0.258 e. The van der Waals surface area contributed by atoms with Gasteiger partial charge in [0.15, 0.2) is 17.0 Å². The summed E-state index contributed by atoms with van der Waals surface area (Å²) in [5.74, 6) is 0.397. The Bertz CT molecular complexity index is 1570. The number of aryl methyl sites for hydroxylation is 1. The first-order valence-corrected chi connectivity index (χ1v) is 11.9. The monoisotopic (exact) mass is 478 g/mol. The Kier molecular flexibility index (Phi) is 5.25. The van der Waals surface area contributed by atoms with Crippen molar-refractivity contribution in [2.24, 2.45) is 7.05 Å². The van der Waals surface area contributed by atoms with Crippen LogP contribution in [0.2, 0.25) is 0 Å². The molecule has 36 heavy (non-hydrogen) atoms. The maximum absolute atomic E-state index is 13.7. The molecule has 2 aromatic carbocycles. The summed E-state index contributed by atoms with van der Waals surface area (Å²) in [7, 11) is 1.93. The third-order valence-electron chi connectivity index (χ3n) is 7.00. The van der Waals surface area contributed by atoms with E-state index in [0.717, 1.165) is 40.2 Å². The summed E-state index contributed by atoms with van der Waals surface area (Å²) in [4.78, 5) is 28.4. The van der Waals surface area contributed by atoms with Crippen LogP contribution in [0.1, 0.15) is 45.8 Å². The van der Waals surface area contributed by atoms with Crippen LogP contribution >= 0.6 is 0 Å². The van der Waals surface area contributed by atoms with Gasteiger partial charge in [0, 0.05) is 32.1 Å². The molecule has 9 nitrogen and oxygen atoms in total. The first-order valence-electron chi connectivity index (χ1n) is 11.9. The number of nitrogens with two attached hydrogens (primary N) is 1. The molecule has 0 fully saturated rings. The molecule has 1 aliphatic rings. The lowest BCUT2D eigenvalue weighted by molar-refractivity contribution is 0.0671. The molecule has 0 radical (unpaired) electrons. The highest BCUT2D eigenvalue weighted by atomic mass is 16.2. The van der Waals surface area contributed by atoms with Crippen LogP contribution in [-0.4, -0.2) is 46.7 Å². The van der Waals surface area contributed by atoms with Gasteiger partial charge in [-0.1, -0.05) is 42.5 Å². The third kappa shape index (κ3) is 3.60. The topological polar surface area (TPSA) is 108 Å². The predicted octanol–water partition coefficient (Wildman–Crippen LogP) is 3.48. The fourth-order valence-electron chi connectivity index (χ4n) is 5.01. The van der Waals surface area contributed by atoms with Crippen LogP contribution in [0.15, 0.2) is 67.3 Å². The summed E-state index contributed by atoms with van der Waals surface area (Å²) in [6, 6.07) is 18.2. The molecule has 4 heterocycles. The number of nitrogen functional groups attached to an aromatic ring is 1. The molecule has 0 bridgehead atoms. The lowest BCUT2D eigenvalue weighted by Gasteiger charge is -2.32. The molecule has 180 valence electrons. The molecule has 1 unspecified atom stereocenters. The Morgan fingerprint density at radius 2 is 1.81 bits per heavy atom. The zero-order valence-corrected chi connectivity index (χ0v) is 20.2. The summed E-state index contributed by atoms with van der Waals surface area (Å²) >= 11 is 0. The van der Waals surface area contributed by atoms with Crippen molar-refractivity contribution in [2.75, 3.05) is 12.3 Å². The molecule has 1 atom stereocenters. The number of aromatic nitrogens is 6. The van der Waals surface area contributed by atoms with Crippen LogP contribution in [0.25, 0.3) is 16.9 Å². The molecule has 6 rings (SSSR count). The van der Waals surface area contributed by atoms with Crippen LogP contribution in [-0.2, 0) is 19.9 Å². The largest absolute Gasteiger partial charge is 0.382 e. The number of carbonyl (C=O) groups excluding carboxylic acids is 1. The number of imidazole rings is 1. The maximum Gasteiger partial charge on any atom is 0.258 e. The molecule has 0 spiro atoms. The van der Waals surface area contributed by atoms with Gasteiger partial charge in [-0.05, 0) is 30.2 Å². The highest BCUT2D eigenvalue weighted by molar-refractivity contribution is 5.98. The molecule has 3 aromatic heterocycles. The Morgan fingerprint density at radius 3 is 2.58 bits per heavy atom. The number of anilines is 1. The van der Waals surface area contributed by atoms with E-state index in [9.17, 15) is 4.79 Å². The molecule has 5 aromatic rings. The lowest BCUT2D eigenvalue weighted by atomic mass is 9.97. The fourth-order valence-corrected chi connectivity index (χ4v) is 5.01. The lowest BCUT2D eigenvalue weighted by Crippen LogP contribution is -2.39.